The van der Waals surface area contributed by atoms with Gasteiger partial charge >= 0.3 is 6.18 Å². The van der Waals surface area contributed by atoms with Crippen molar-refractivity contribution in [3.05, 3.63) is 47.8 Å². The lowest BCUT2D eigenvalue weighted by Gasteiger charge is -2.13. The number of rotatable bonds is 4. The van der Waals surface area contributed by atoms with E-state index in [4.69, 9.17) is 0 Å². The third kappa shape index (κ3) is 3.62. The van der Waals surface area contributed by atoms with Crippen LogP contribution in [-0.4, -0.2) is 27.5 Å². The number of carbonyl (C=O) groups is 1. The fraction of sp³-hybridized carbons (Fsp3) is 0.286. The molecule has 0 aliphatic rings. The lowest BCUT2D eigenvalue weighted by Crippen LogP contribution is -2.30. The monoisotopic (exact) mass is 329 g/mol. The molecule has 1 aromatic carbocycles. The number of benzene rings is 1. The van der Waals surface area contributed by atoms with Gasteiger partial charge in [-0.1, -0.05) is 25.1 Å². The molecule has 0 fully saturated rings. The number of nitrogens with zero attached hydrogens (tertiary/aromatic N) is 2. The Labute approximate surface area is 130 Å². The van der Waals surface area contributed by atoms with Crippen molar-refractivity contribution >= 4 is 18.5 Å². The molecule has 0 aliphatic heterocycles. The van der Waals surface area contributed by atoms with Gasteiger partial charge in [0.05, 0.1) is 17.4 Å². The second-order valence-corrected chi connectivity index (χ2v) is 5.59. The van der Waals surface area contributed by atoms with E-state index in [1.54, 1.807) is 25.1 Å². The predicted octanol–water partition coefficient (Wildman–Crippen LogP) is 2.94. The molecule has 2 rings (SSSR count). The number of carbonyl (C=O) groups excluding carboxylic acids is 1. The van der Waals surface area contributed by atoms with Crippen molar-refractivity contribution in [2.75, 3.05) is 6.54 Å². The highest BCUT2D eigenvalue weighted by molar-refractivity contribution is 7.80. The van der Waals surface area contributed by atoms with Crippen molar-refractivity contribution in [2.45, 2.75) is 18.3 Å². The Hall–Kier alpha value is -1.96. The summed E-state index contributed by atoms with van der Waals surface area (Å²) in [5.41, 5.74) is -1.37. The van der Waals surface area contributed by atoms with Gasteiger partial charge in [0.1, 0.15) is 0 Å². The first-order valence-corrected chi connectivity index (χ1v) is 6.99. The molecule has 22 heavy (non-hydrogen) atoms. The summed E-state index contributed by atoms with van der Waals surface area (Å²) in [4.78, 5) is 12.0. The van der Waals surface area contributed by atoms with E-state index in [0.29, 0.717) is 0 Å². The highest BCUT2D eigenvalue weighted by Crippen LogP contribution is 2.33. The van der Waals surface area contributed by atoms with E-state index in [1.165, 1.54) is 12.1 Å². The fourth-order valence-electron chi connectivity index (χ4n) is 1.89. The zero-order chi connectivity index (χ0) is 16.3. The molecule has 4 nitrogen and oxygen atoms in total. The first kappa shape index (κ1) is 16.4. The third-order valence-corrected chi connectivity index (χ3v) is 3.02. The highest BCUT2D eigenvalue weighted by Gasteiger charge is 2.40. The van der Waals surface area contributed by atoms with Crippen LogP contribution in [0.3, 0.4) is 0 Å². The maximum Gasteiger partial charge on any atom is 0.434 e. The molecule has 1 amide bonds. The average molecular weight is 329 g/mol. The molecular weight excluding hydrogens is 315 g/mol. The molecule has 1 aromatic heterocycles. The third-order valence-electron chi connectivity index (χ3n) is 2.84. The van der Waals surface area contributed by atoms with Crippen LogP contribution in [0.1, 0.15) is 23.0 Å². The molecule has 0 bridgehead atoms. The van der Waals surface area contributed by atoms with Gasteiger partial charge in [-0.05, 0) is 12.1 Å². The summed E-state index contributed by atoms with van der Waals surface area (Å²) in [6.45, 7) is 1.89. The lowest BCUT2D eigenvalue weighted by atomic mass is 10.2. The van der Waals surface area contributed by atoms with Crippen molar-refractivity contribution in [2.24, 2.45) is 0 Å². The Morgan fingerprint density at radius 2 is 2.00 bits per heavy atom. The minimum atomic E-state index is -4.70. The minimum absolute atomic E-state index is 0.162. The number of hydrogen-bond donors (Lipinski definition) is 2. The number of amides is 1. The Kier molecular flexibility index (Phi) is 4.80. The molecule has 118 valence electrons. The standard InChI is InChI=1S/C14H14F3N3OS/c1-9(22)7-18-13(21)11-8-19-20(12(11)14(15,16)17)10-5-3-2-4-6-10/h2-6,8-9,22H,7H2,1H3,(H,18,21). The van der Waals surface area contributed by atoms with Gasteiger partial charge in [-0.25, -0.2) is 4.68 Å². The maximum absolute atomic E-state index is 13.3. The molecule has 8 heteroatoms. The van der Waals surface area contributed by atoms with Crippen molar-refractivity contribution in [1.29, 1.82) is 0 Å². The van der Waals surface area contributed by atoms with Crippen LogP contribution in [0.5, 0.6) is 0 Å². The van der Waals surface area contributed by atoms with Crippen LogP contribution in [0.15, 0.2) is 36.5 Å². The summed E-state index contributed by atoms with van der Waals surface area (Å²) >= 11 is 4.07. The molecule has 0 saturated carbocycles. The predicted molar refractivity (Wildman–Crippen MR) is 79.3 cm³/mol. The maximum atomic E-state index is 13.3. The van der Waals surface area contributed by atoms with Crippen LogP contribution in [0.25, 0.3) is 5.69 Å². The first-order chi connectivity index (χ1) is 10.3. The second-order valence-electron chi connectivity index (χ2n) is 4.71. The summed E-state index contributed by atoms with van der Waals surface area (Å²) in [5.74, 6) is -0.824. The largest absolute Gasteiger partial charge is 0.434 e. The zero-order valence-electron chi connectivity index (χ0n) is 11.6. The molecule has 1 unspecified atom stereocenters. The summed E-state index contributed by atoms with van der Waals surface area (Å²) in [5, 5.41) is 5.96. The van der Waals surface area contributed by atoms with Crippen molar-refractivity contribution in [3.8, 4) is 5.69 Å². The van der Waals surface area contributed by atoms with Crippen LogP contribution in [0.2, 0.25) is 0 Å². The molecule has 0 spiro atoms. The Bertz CT molecular complexity index is 653. The lowest BCUT2D eigenvalue weighted by molar-refractivity contribution is -0.143. The smallest absolute Gasteiger partial charge is 0.351 e. The van der Waals surface area contributed by atoms with E-state index in [-0.39, 0.29) is 17.5 Å². The molecule has 1 N–H and O–H groups in total. The van der Waals surface area contributed by atoms with Crippen LogP contribution >= 0.6 is 12.6 Å². The van der Waals surface area contributed by atoms with E-state index in [2.05, 4.69) is 23.0 Å². The normalized spacial score (nSPS) is 13.0. The van der Waals surface area contributed by atoms with Crippen molar-refractivity contribution < 1.29 is 18.0 Å². The molecule has 0 saturated heterocycles. The van der Waals surface area contributed by atoms with Gasteiger partial charge in [0, 0.05) is 11.8 Å². The molecule has 1 atom stereocenters. The fourth-order valence-corrected chi connectivity index (χ4v) is 1.98. The zero-order valence-corrected chi connectivity index (χ0v) is 12.5. The van der Waals surface area contributed by atoms with E-state index < -0.39 is 23.3 Å². The second kappa shape index (κ2) is 6.43. The quantitative estimate of drug-likeness (QED) is 0.847. The number of para-hydroxylation sites is 1. The van der Waals surface area contributed by atoms with Gasteiger partial charge < -0.3 is 5.32 Å². The topological polar surface area (TPSA) is 46.9 Å². The van der Waals surface area contributed by atoms with E-state index in [9.17, 15) is 18.0 Å². The SMILES string of the molecule is CC(S)CNC(=O)c1cnn(-c2ccccc2)c1C(F)(F)F. The van der Waals surface area contributed by atoms with Crippen molar-refractivity contribution in [3.63, 3.8) is 0 Å². The van der Waals surface area contributed by atoms with Gasteiger partial charge in [-0.3, -0.25) is 4.79 Å². The number of alkyl halides is 3. The van der Waals surface area contributed by atoms with E-state index >= 15 is 0 Å². The molecule has 1 heterocycles. The Morgan fingerprint density at radius 3 is 2.55 bits per heavy atom. The minimum Gasteiger partial charge on any atom is -0.351 e. The van der Waals surface area contributed by atoms with Gasteiger partial charge in [0.2, 0.25) is 0 Å². The van der Waals surface area contributed by atoms with E-state index in [0.717, 1.165) is 10.9 Å². The van der Waals surface area contributed by atoms with Gasteiger partial charge in [-0.15, -0.1) is 0 Å². The summed E-state index contributed by atoms with van der Waals surface area (Å²) in [6, 6.07) is 7.85. The van der Waals surface area contributed by atoms with Crippen LogP contribution < -0.4 is 5.32 Å². The summed E-state index contributed by atoms with van der Waals surface area (Å²) in [6.07, 6.45) is -3.78. The average Bonchev–Trinajstić information content (AvgIpc) is 2.90. The molecular formula is C14H14F3N3OS. The Balaban J connectivity index is 2.44. The number of halogens is 3. The number of hydrogen-bond acceptors (Lipinski definition) is 3. The Morgan fingerprint density at radius 1 is 1.36 bits per heavy atom. The van der Waals surface area contributed by atoms with Crippen LogP contribution in [-0.2, 0) is 6.18 Å². The highest BCUT2D eigenvalue weighted by atomic mass is 32.1. The molecule has 0 aliphatic carbocycles. The molecule has 2 aromatic rings. The van der Waals surface area contributed by atoms with Gasteiger partial charge in [-0.2, -0.15) is 30.9 Å². The number of thiol groups is 1. The summed E-state index contributed by atoms with van der Waals surface area (Å²) < 4.78 is 40.7. The van der Waals surface area contributed by atoms with E-state index in [1.807, 2.05) is 0 Å². The molecule has 0 radical (unpaired) electrons. The van der Waals surface area contributed by atoms with Crippen LogP contribution in [0, 0.1) is 0 Å². The van der Waals surface area contributed by atoms with Crippen molar-refractivity contribution in [1.82, 2.24) is 15.1 Å². The summed E-state index contributed by atoms with van der Waals surface area (Å²) in [7, 11) is 0. The number of aromatic nitrogens is 2. The van der Waals surface area contributed by atoms with Crippen LogP contribution in [0.4, 0.5) is 13.2 Å². The number of nitrogens with one attached hydrogen (secondary N) is 1. The van der Waals surface area contributed by atoms with Gasteiger partial charge in [0.25, 0.3) is 5.91 Å². The van der Waals surface area contributed by atoms with Gasteiger partial charge in [0.15, 0.2) is 5.69 Å². The first-order valence-electron chi connectivity index (χ1n) is 6.47.